The van der Waals surface area contributed by atoms with Gasteiger partial charge in [-0.1, -0.05) is 109 Å². The maximum Gasteiger partial charge on any atom is -0.00258 e. The molecule has 2 aromatic carbocycles. The second kappa shape index (κ2) is 15.5. The van der Waals surface area contributed by atoms with Crippen LogP contribution in [0.1, 0.15) is 59.1 Å². The first-order chi connectivity index (χ1) is 9.28. The lowest BCUT2D eigenvalue weighted by molar-refractivity contribution is 1.09. The largest absolute Gasteiger partial charge is 0.0776 e. The Bertz CT molecular complexity index is 336. The van der Waals surface area contributed by atoms with Crippen LogP contribution >= 0.6 is 0 Å². The third kappa shape index (κ3) is 11.5. The predicted octanol–water partition coefficient (Wildman–Crippen LogP) is 6.75. The highest BCUT2D eigenvalue weighted by Crippen LogP contribution is 2.07. The van der Waals surface area contributed by atoms with Crippen LogP contribution in [0.25, 0.3) is 0 Å². The van der Waals surface area contributed by atoms with Gasteiger partial charge in [-0.25, -0.2) is 0 Å². The van der Waals surface area contributed by atoms with Crippen molar-refractivity contribution >= 4 is 0 Å². The average Bonchev–Trinajstić information content (AvgIpc) is 2.43. The van der Waals surface area contributed by atoms with Crippen LogP contribution in [0.4, 0.5) is 0 Å². The van der Waals surface area contributed by atoms with Crippen LogP contribution in [-0.4, -0.2) is 0 Å². The molecule has 0 fully saturated rings. The van der Waals surface area contributed by atoms with E-state index in [1.165, 1.54) is 24.0 Å². The van der Waals surface area contributed by atoms with Crippen LogP contribution in [0, 0.1) is 0 Å². The van der Waals surface area contributed by atoms with E-state index >= 15 is 0 Å². The van der Waals surface area contributed by atoms with Gasteiger partial charge in [-0.15, -0.1) is 0 Å². The van der Waals surface area contributed by atoms with Gasteiger partial charge in [0.2, 0.25) is 0 Å². The summed E-state index contributed by atoms with van der Waals surface area (Å²) in [7, 11) is 0. The zero-order chi connectivity index (χ0) is 14.3. The summed E-state index contributed by atoms with van der Waals surface area (Å²) in [6, 6.07) is 21.1. The van der Waals surface area contributed by atoms with Crippen molar-refractivity contribution < 1.29 is 0 Å². The molecule has 0 aliphatic rings. The third-order valence-corrected chi connectivity index (χ3v) is 2.09. The van der Waals surface area contributed by atoms with E-state index in [4.69, 9.17) is 0 Å². The highest BCUT2D eigenvalue weighted by atomic mass is 14.0. The molecule has 0 saturated carbocycles. The Hall–Kier alpha value is -1.56. The lowest BCUT2D eigenvalue weighted by Crippen LogP contribution is -1.85. The van der Waals surface area contributed by atoms with Crippen LogP contribution in [-0.2, 0) is 6.42 Å². The van der Waals surface area contributed by atoms with E-state index in [0.29, 0.717) is 0 Å². The van der Waals surface area contributed by atoms with Gasteiger partial charge in [0, 0.05) is 0 Å². The van der Waals surface area contributed by atoms with E-state index in [0.717, 1.165) is 6.42 Å². The van der Waals surface area contributed by atoms with Crippen molar-refractivity contribution in [3.8, 4) is 0 Å². The maximum atomic E-state index is 2.16. The molecule has 0 saturated heterocycles. The SMILES string of the molecule is C.CCC.CCC.c1ccc(Cc2ccccc2)cc1. The zero-order valence-corrected chi connectivity index (χ0v) is 12.9. The molecule has 2 aromatic rings. The molecule has 0 atom stereocenters. The number of hydrogen-bond donors (Lipinski definition) is 0. The number of benzene rings is 2. The summed E-state index contributed by atoms with van der Waals surface area (Å²) in [4.78, 5) is 0. The lowest BCUT2D eigenvalue weighted by atomic mass is 10.1. The normalized spacial score (nSPS) is 8.20. The van der Waals surface area contributed by atoms with Gasteiger partial charge in [0.15, 0.2) is 0 Å². The maximum absolute atomic E-state index is 2.16. The molecule has 112 valence electrons. The Morgan fingerprint density at radius 1 is 0.550 bits per heavy atom. The fourth-order valence-corrected chi connectivity index (χ4v) is 1.43. The summed E-state index contributed by atoms with van der Waals surface area (Å²) in [5, 5.41) is 0. The van der Waals surface area contributed by atoms with Gasteiger partial charge in [-0.2, -0.15) is 0 Å². The molecular weight excluding hydrogens is 240 g/mol. The van der Waals surface area contributed by atoms with Gasteiger partial charge in [0.1, 0.15) is 0 Å². The molecule has 0 bridgehead atoms. The average molecular weight is 272 g/mol. The quantitative estimate of drug-likeness (QED) is 0.567. The van der Waals surface area contributed by atoms with Crippen LogP contribution in [0.5, 0.6) is 0 Å². The molecule has 0 aliphatic carbocycles. The molecule has 20 heavy (non-hydrogen) atoms. The van der Waals surface area contributed by atoms with Gasteiger partial charge in [-0.05, 0) is 17.5 Å². The summed E-state index contributed by atoms with van der Waals surface area (Å²) in [6.45, 7) is 8.50. The van der Waals surface area contributed by atoms with Crippen molar-refractivity contribution in [3.63, 3.8) is 0 Å². The lowest BCUT2D eigenvalue weighted by Gasteiger charge is -2.00. The van der Waals surface area contributed by atoms with Gasteiger partial charge < -0.3 is 0 Å². The van der Waals surface area contributed by atoms with Crippen LogP contribution in [0.2, 0.25) is 0 Å². The molecule has 0 aliphatic heterocycles. The molecule has 0 radical (unpaired) electrons. The van der Waals surface area contributed by atoms with Gasteiger partial charge in [0.05, 0.1) is 0 Å². The van der Waals surface area contributed by atoms with Crippen molar-refractivity contribution in [2.75, 3.05) is 0 Å². The number of rotatable bonds is 2. The fraction of sp³-hybridized carbons (Fsp3) is 0.400. The molecule has 0 unspecified atom stereocenters. The first-order valence-corrected chi connectivity index (χ1v) is 7.36. The summed E-state index contributed by atoms with van der Waals surface area (Å²) in [6.07, 6.45) is 3.53. The van der Waals surface area contributed by atoms with E-state index in [9.17, 15) is 0 Å². The molecule has 0 heteroatoms. The molecule has 0 aromatic heterocycles. The van der Waals surface area contributed by atoms with Crippen molar-refractivity contribution in [1.82, 2.24) is 0 Å². The highest BCUT2D eigenvalue weighted by Gasteiger charge is 1.92. The highest BCUT2D eigenvalue weighted by molar-refractivity contribution is 5.25. The van der Waals surface area contributed by atoms with Crippen molar-refractivity contribution in [2.24, 2.45) is 0 Å². The minimum Gasteiger partial charge on any atom is -0.0776 e. The second-order valence-corrected chi connectivity index (χ2v) is 4.56. The molecule has 0 N–H and O–H groups in total. The van der Waals surface area contributed by atoms with Crippen molar-refractivity contribution in [3.05, 3.63) is 71.8 Å². The summed E-state index contributed by atoms with van der Waals surface area (Å²) < 4.78 is 0. The fourth-order valence-electron chi connectivity index (χ4n) is 1.43. The predicted molar refractivity (Wildman–Crippen MR) is 94.4 cm³/mol. The first-order valence-electron chi connectivity index (χ1n) is 7.36. The standard InChI is InChI=1S/C13H12.2C3H8.CH4/c1-3-7-12(8-4-1)11-13-9-5-2-6-10-13;2*1-3-2;/h1-10H,11H2;2*3H2,1-2H3;1H4. The Morgan fingerprint density at radius 2 is 0.800 bits per heavy atom. The Kier molecular flexibility index (Phi) is 16.1. The minimum atomic E-state index is 0. The smallest absolute Gasteiger partial charge is 0.00258 e. The monoisotopic (exact) mass is 272 g/mol. The van der Waals surface area contributed by atoms with Gasteiger partial charge in [-0.3, -0.25) is 0 Å². The summed E-state index contributed by atoms with van der Waals surface area (Å²) in [5.74, 6) is 0. The van der Waals surface area contributed by atoms with Crippen molar-refractivity contribution in [2.45, 2.75) is 54.4 Å². The van der Waals surface area contributed by atoms with E-state index in [2.05, 4.69) is 88.4 Å². The number of hydrogen-bond acceptors (Lipinski definition) is 0. The Labute approximate surface area is 126 Å². The summed E-state index contributed by atoms with van der Waals surface area (Å²) >= 11 is 0. The van der Waals surface area contributed by atoms with Gasteiger partial charge in [0.25, 0.3) is 0 Å². The van der Waals surface area contributed by atoms with E-state index < -0.39 is 0 Å². The Morgan fingerprint density at radius 3 is 1.05 bits per heavy atom. The molecule has 2 rings (SSSR count). The zero-order valence-electron chi connectivity index (χ0n) is 12.9. The molecule has 0 spiro atoms. The van der Waals surface area contributed by atoms with Crippen LogP contribution in [0.3, 0.4) is 0 Å². The third-order valence-electron chi connectivity index (χ3n) is 2.09. The van der Waals surface area contributed by atoms with Crippen LogP contribution in [0.15, 0.2) is 60.7 Å². The Balaban J connectivity index is 0. The second-order valence-electron chi connectivity index (χ2n) is 4.56. The van der Waals surface area contributed by atoms with E-state index in [1.807, 2.05) is 0 Å². The molecule has 0 amide bonds. The first kappa shape index (κ1) is 20.8. The minimum absolute atomic E-state index is 0. The topological polar surface area (TPSA) is 0 Å². The molecular formula is C20H32. The summed E-state index contributed by atoms with van der Waals surface area (Å²) in [5.41, 5.74) is 2.74. The van der Waals surface area contributed by atoms with E-state index in [-0.39, 0.29) is 7.43 Å². The molecule has 0 nitrogen and oxygen atoms in total. The van der Waals surface area contributed by atoms with Gasteiger partial charge >= 0.3 is 0 Å². The van der Waals surface area contributed by atoms with Crippen LogP contribution < -0.4 is 0 Å². The molecule has 0 heterocycles. The van der Waals surface area contributed by atoms with Crippen molar-refractivity contribution in [1.29, 1.82) is 0 Å². The van der Waals surface area contributed by atoms with E-state index in [1.54, 1.807) is 0 Å².